The molecule has 3 nitrogen and oxygen atoms in total. The number of hydrogen-bond acceptors (Lipinski definition) is 2. The van der Waals surface area contributed by atoms with Crippen LogP contribution in [-0.2, 0) is 11.2 Å². The molecule has 0 saturated carbocycles. The number of halogens is 1. The first-order valence-corrected chi connectivity index (χ1v) is 9.52. The number of aryl methyl sites for hydroxylation is 1. The van der Waals surface area contributed by atoms with Crippen molar-refractivity contribution >= 4 is 17.6 Å². The molecule has 0 aliphatic heterocycles. The lowest BCUT2D eigenvalue weighted by Crippen LogP contribution is -2.02. The van der Waals surface area contributed by atoms with Gasteiger partial charge in [-0.05, 0) is 18.9 Å². The zero-order chi connectivity index (χ0) is 16.9. The van der Waals surface area contributed by atoms with Crippen molar-refractivity contribution in [2.24, 2.45) is 0 Å². The van der Waals surface area contributed by atoms with Gasteiger partial charge in [0.1, 0.15) is 5.69 Å². The van der Waals surface area contributed by atoms with Crippen LogP contribution in [0, 0.1) is 0 Å². The van der Waals surface area contributed by atoms with Crippen LogP contribution in [0.25, 0.3) is 0 Å². The van der Waals surface area contributed by atoms with E-state index in [1.807, 2.05) is 6.07 Å². The standard InChI is InChI=1S/C19H32ClNO2/c1-3-4-5-6-7-8-9-10-11-12-13-14-16-15-17(20)18(21-16)19(22)23-2/h15,21H,3-14H2,1-2H3. The molecule has 1 heterocycles. The van der Waals surface area contributed by atoms with Crippen LogP contribution in [0.2, 0.25) is 5.02 Å². The first-order chi connectivity index (χ1) is 11.2. The summed E-state index contributed by atoms with van der Waals surface area (Å²) in [4.78, 5) is 14.5. The predicted molar refractivity (Wildman–Crippen MR) is 97.3 cm³/mol. The second-order valence-electron chi connectivity index (χ2n) is 6.29. The highest BCUT2D eigenvalue weighted by atomic mass is 35.5. The van der Waals surface area contributed by atoms with Crippen LogP contribution in [0.4, 0.5) is 0 Å². The number of aromatic nitrogens is 1. The van der Waals surface area contributed by atoms with Crippen molar-refractivity contribution < 1.29 is 9.53 Å². The van der Waals surface area contributed by atoms with Gasteiger partial charge in [-0.15, -0.1) is 0 Å². The molecule has 0 radical (unpaired) electrons. The minimum absolute atomic E-state index is 0.368. The molecular weight excluding hydrogens is 310 g/mol. The van der Waals surface area contributed by atoms with Crippen LogP contribution in [0.3, 0.4) is 0 Å². The highest BCUT2D eigenvalue weighted by Gasteiger charge is 2.14. The van der Waals surface area contributed by atoms with Crippen molar-refractivity contribution in [3.8, 4) is 0 Å². The van der Waals surface area contributed by atoms with Crippen LogP contribution >= 0.6 is 11.6 Å². The Balaban J connectivity index is 2.02. The number of ether oxygens (including phenoxy) is 1. The van der Waals surface area contributed by atoms with Gasteiger partial charge in [0.05, 0.1) is 12.1 Å². The molecule has 1 rings (SSSR count). The van der Waals surface area contributed by atoms with Crippen molar-refractivity contribution in [3.63, 3.8) is 0 Å². The Labute approximate surface area is 146 Å². The first kappa shape index (κ1) is 20.1. The molecular formula is C19H32ClNO2. The van der Waals surface area contributed by atoms with Gasteiger partial charge in [-0.25, -0.2) is 4.79 Å². The number of nitrogens with one attached hydrogen (secondary N) is 1. The molecule has 0 bridgehead atoms. The summed E-state index contributed by atoms with van der Waals surface area (Å²) in [5.74, 6) is -0.403. The first-order valence-electron chi connectivity index (χ1n) is 9.14. The minimum atomic E-state index is -0.403. The number of aromatic amines is 1. The summed E-state index contributed by atoms with van der Waals surface area (Å²) in [6.07, 6.45) is 15.6. The van der Waals surface area contributed by atoms with E-state index in [0.717, 1.165) is 18.5 Å². The Morgan fingerprint density at radius 3 is 2.04 bits per heavy atom. The van der Waals surface area contributed by atoms with Gasteiger partial charge in [-0.2, -0.15) is 0 Å². The summed E-state index contributed by atoms with van der Waals surface area (Å²) in [6.45, 7) is 2.26. The lowest BCUT2D eigenvalue weighted by Gasteiger charge is -2.02. The third kappa shape index (κ3) is 8.45. The molecule has 0 aliphatic rings. The van der Waals surface area contributed by atoms with Crippen LogP contribution in [0.1, 0.15) is 93.7 Å². The predicted octanol–water partition coefficient (Wildman–Crippen LogP) is 6.31. The third-order valence-electron chi connectivity index (χ3n) is 4.26. The number of H-pyrrole nitrogens is 1. The number of esters is 1. The third-order valence-corrected chi connectivity index (χ3v) is 4.56. The van der Waals surface area contributed by atoms with Crippen molar-refractivity contribution in [1.82, 2.24) is 4.98 Å². The Hall–Kier alpha value is -0.960. The van der Waals surface area contributed by atoms with Gasteiger partial charge in [0, 0.05) is 5.69 Å². The number of unbranched alkanes of at least 4 members (excludes halogenated alkanes) is 10. The normalized spacial score (nSPS) is 10.9. The average molecular weight is 342 g/mol. The van der Waals surface area contributed by atoms with Gasteiger partial charge < -0.3 is 9.72 Å². The zero-order valence-corrected chi connectivity index (χ0v) is 15.5. The van der Waals surface area contributed by atoms with E-state index < -0.39 is 5.97 Å². The molecule has 0 aromatic carbocycles. The molecule has 0 spiro atoms. The lowest BCUT2D eigenvalue weighted by molar-refractivity contribution is 0.0595. The van der Waals surface area contributed by atoms with Gasteiger partial charge in [0.2, 0.25) is 0 Å². The topological polar surface area (TPSA) is 42.1 Å². The fraction of sp³-hybridized carbons (Fsp3) is 0.737. The van der Waals surface area contributed by atoms with E-state index in [-0.39, 0.29) is 0 Å². The number of methoxy groups -OCH3 is 1. The maximum Gasteiger partial charge on any atom is 0.356 e. The van der Waals surface area contributed by atoms with Crippen LogP contribution < -0.4 is 0 Å². The second kappa shape index (κ2) is 12.5. The number of carbonyl (C=O) groups excluding carboxylic acids is 1. The van der Waals surface area contributed by atoms with Crippen LogP contribution in [0.5, 0.6) is 0 Å². The summed E-state index contributed by atoms with van der Waals surface area (Å²) in [5, 5.41) is 0.454. The van der Waals surface area contributed by atoms with E-state index in [1.54, 1.807) is 0 Å². The number of hydrogen-bond donors (Lipinski definition) is 1. The Kier molecular flexibility index (Phi) is 10.9. The molecule has 1 aromatic rings. The molecule has 1 aromatic heterocycles. The molecule has 0 fully saturated rings. The fourth-order valence-electron chi connectivity index (χ4n) is 2.85. The Bertz CT molecular complexity index is 443. The van der Waals surface area contributed by atoms with Crippen LogP contribution in [-0.4, -0.2) is 18.1 Å². The fourth-order valence-corrected chi connectivity index (χ4v) is 3.10. The largest absolute Gasteiger partial charge is 0.464 e. The average Bonchev–Trinajstić information content (AvgIpc) is 2.92. The zero-order valence-electron chi connectivity index (χ0n) is 14.8. The highest BCUT2D eigenvalue weighted by molar-refractivity contribution is 6.33. The van der Waals surface area contributed by atoms with E-state index in [1.165, 1.54) is 71.3 Å². The molecule has 0 aliphatic carbocycles. The van der Waals surface area contributed by atoms with Crippen molar-refractivity contribution in [2.75, 3.05) is 7.11 Å². The summed E-state index contributed by atoms with van der Waals surface area (Å²) in [5.41, 5.74) is 1.39. The number of rotatable bonds is 13. The maximum absolute atomic E-state index is 11.5. The summed E-state index contributed by atoms with van der Waals surface area (Å²) in [6, 6.07) is 1.84. The van der Waals surface area contributed by atoms with Crippen LogP contribution in [0.15, 0.2) is 6.07 Å². The number of carbonyl (C=O) groups is 1. The Morgan fingerprint density at radius 1 is 1.00 bits per heavy atom. The van der Waals surface area contributed by atoms with Gasteiger partial charge >= 0.3 is 5.97 Å². The molecule has 0 atom stereocenters. The van der Waals surface area contributed by atoms with Gasteiger partial charge in [-0.1, -0.05) is 82.7 Å². The Morgan fingerprint density at radius 2 is 1.52 bits per heavy atom. The van der Waals surface area contributed by atoms with Crippen molar-refractivity contribution in [1.29, 1.82) is 0 Å². The van der Waals surface area contributed by atoms with Crippen molar-refractivity contribution in [2.45, 2.75) is 84.0 Å². The quantitative estimate of drug-likeness (QED) is 0.337. The second-order valence-corrected chi connectivity index (χ2v) is 6.70. The molecule has 4 heteroatoms. The lowest BCUT2D eigenvalue weighted by atomic mass is 10.0. The molecule has 0 unspecified atom stereocenters. The molecule has 1 N–H and O–H groups in total. The van der Waals surface area contributed by atoms with E-state index >= 15 is 0 Å². The summed E-state index contributed by atoms with van der Waals surface area (Å²) < 4.78 is 4.69. The van der Waals surface area contributed by atoms with E-state index in [2.05, 4.69) is 16.6 Å². The smallest absolute Gasteiger partial charge is 0.356 e. The summed E-state index contributed by atoms with van der Waals surface area (Å²) >= 11 is 6.03. The van der Waals surface area contributed by atoms with E-state index in [0.29, 0.717) is 10.7 Å². The highest BCUT2D eigenvalue weighted by Crippen LogP contribution is 2.20. The molecule has 132 valence electrons. The molecule has 0 saturated heterocycles. The van der Waals surface area contributed by atoms with Gasteiger partial charge in [-0.3, -0.25) is 0 Å². The SMILES string of the molecule is CCCCCCCCCCCCCc1cc(Cl)c(C(=O)OC)[nH]1. The maximum atomic E-state index is 11.5. The molecule has 23 heavy (non-hydrogen) atoms. The minimum Gasteiger partial charge on any atom is -0.464 e. The van der Waals surface area contributed by atoms with E-state index in [4.69, 9.17) is 11.6 Å². The monoisotopic (exact) mass is 341 g/mol. The van der Waals surface area contributed by atoms with Gasteiger partial charge in [0.15, 0.2) is 0 Å². The summed E-state index contributed by atoms with van der Waals surface area (Å²) in [7, 11) is 1.36. The van der Waals surface area contributed by atoms with E-state index in [9.17, 15) is 4.79 Å². The molecule has 0 amide bonds. The van der Waals surface area contributed by atoms with Crippen molar-refractivity contribution in [3.05, 3.63) is 22.5 Å². The van der Waals surface area contributed by atoms with Gasteiger partial charge in [0.25, 0.3) is 0 Å².